The molecule has 0 unspecified atom stereocenters. The van der Waals surface area contributed by atoms with Crippen LogP contribution in [-0.2, 0) is 4.74 Å². The average Bonchev–Trinajstić information content (AvgIpc) is 2.79. The highest BCUT2D eigenvalue weighted by Gasteiger charge is 2.25. The van der Waals surface area contributed by atoms with Gasteiger partial charge < -0.3 is 9.84 Å². The molecule has 0 bridgehead atoms. The summed E-state index contributed by atoms with van der Waals surface area (Å²) in [5.74, 6) is -0.821. The van der Waals surface area contributed by atoms with Crippen molar-refractivity contribution in [2.45, 2.75) is 13.2 Å². The van der Waals surface area contributed by atoms with Gasteiger partial charge in [0.05, 0.1) is 12.1 Å². The van der Waals surface area contributed by atoms with Crippen LogP contribution in [0.15, 0.2) is 30.6 Å². The highest BCUT2D eigenvalue weighted by atomic mass is 16.6. The van der Waals surface area contributed by atoms with E-state index in [0.717, 1.165) is 0 Å². The van der Waals surface area contributed by atoms with Gasteiger partial charge in [-0.25, -0.2) is 4.98 Å². The van der Waals surface area contributed by atoms with Crippen LogP contribution in [0.5, 0.6) is 0 Å². The fourth-order valence-electron chi connectivity index (χ4n) is 1.68. The minimum atomic E-state index is -1.10. The Labute approximate surface area is 98.7 Å². The molecule has 0 spiro atoms. The Hall–Kier alpha value is -1.72. The monoisotopic (exact) mass is 234 g/mol. The summed E-state index contributed by atoms with van der Waals surface area (Å²) in [6.07, 6.45) is 2.18. The highest BCUT2D eigenvalue weighted by molar-refractivity contribution is 5.97. The van der Waals surface area contributed by atoms with Crippen LogP contribution in [0.2, 0.25) is 0 Å². The van der Waals surface area contributed by atoms with Crippen molar-refractivity contribution in [2.75, 3.05) is 7.11 Å². The lowest BCUT2D eigenvalue weighted by atomic mass is 10.0. The van der Waals surface area contributed by atoms with Crippen LogP contribution in [0.3, 0.4) is 0 Å². The van der Waals surface area contributed by atoms with Gasteiger partial charge in [0.1, 0.15) is 11.3 Å². The second kappa shape index (κ2) is 4.65. The van der Waals surface area contributed by atoms with Crippen molar-refractivity contribution in [2.24, 2.45) is 5.92 Å². The van der Waals surface area contributed by atoms with E-state index in [4.69, 9.17) is 4.74 Å². The van der Waals surface area contributed by atoms with E-state index >= 15 is 0 Å². The molecular formula is C12H14N2O3. The molecule has 0 radical (unpaired) electrons. The van der Waals surface area contributed by atoms with Crippen LogP contribution in [0.4, 0.5) is 0 Å². The van der Waals surface area contributed by atoms with E-state index in [-0.39, 0.29) is 5.78 Å². The summed E-state index contributed by atoms with van der Waals surface area (Å²) in [5, 5.41) is 9.50. The molecule has 0 aliphatic heterocycles. The van der Waals surface area contributed by atoms with Crippen molar-refractivity contribution in [3.8, 4) is 0 Å². The Kier molecular flexibility index (Phi) is 3.21. The van der Waals surface area contributed by atoms with Gasteiger partial charge in [0.25, 0.3) is 0 Å². The van der Waals surface area contributed by atoms with Gasteiger partial charge in [0, 0.05) is 13.3 Å². The van der Waals surface area contributed by atoms with Gasteiger partial charge in [-0.1, -0.05) is 13.0 Å². The molecule has 17 heavy (non-hydrogen) atoms. The van der Waals surface area contributed by atoms with E-state index in [9.17, 15) is 9.90 Å². The third-order valence-electron chi connectivity index (χ3n) is 2.75. The molecule has 2 atom stereocenters. The molecule has 2 heterocycles. The summed E-state index contributed by atoms with van der Waals surface area (Å²) in [7, 11) is 1.36. The maximum absolute atomic E-state index is 12.1. The van der Waals surface area contributed by atoms with Crippen LogP contribution < -0.4 is 0 Å². The lowest BCUT2D eigenvalue weighted by Crippen LogP contribution is -2.27. The number of rotatable bonds is 4. The number of ketones is 1. The number of aliphatic hydroxyl groups is 1. The number of aliphatic hydroxyl groups excluding tert-OH is 1. The molecule has 0 aliphatic carbocycles. The number of methoxy groups -OCH3 is 1. The van der Waals surface area contributed by atoms with E-state index < -0.39 is 12.2 Å². The molecule has 0 saturated heterocycles. The zero-order chi connectivity index (χ0) is 12.4. The number of Topliss-reactive ketones (excluding diaryl/α,β-unsaturated/α-hetero) is 1. The van der Waals surface area contributed by atoms with E-state index in [1.807, 2.05) is 18.2 Å². The third kappa shape index (κ3) is 2.07. The molecule has 0 aliphatic rings. The zero-order valence-electron chi connectivity index (χ0n) is 9.70. The Morgan fingerprint density at radius 2 is 2.29 bits per heavy atom. The van der Waals surface area contributed by atoms with Crippen molar-refractivity contribution < 1.29 is 14.6 Å². The Morgan fingerprint density at radius 3 is 3.00 bits per heavy atom. The number of hydrogen-bond acceptors (Lipinski definition) is 4. The number of carbonyl (C=O) groups is 1. The average molecular weight is 234 g/mol. The molecule has 0 aromatic carbocycles. The standard InChI is InChI=1S/C12H14N2O3/c1-8(12(16)17-2)11(15)9-7-13-10-5-3-4-6-14(9)10/h3-8,12,16H,1-2H3/t8-,12-/m1/s1. The number of imidazole rings is 1. The summed E-state index contributed by atoms with van der Waals surface area (Å²) in [5.41, 5.74) is 1.15. The molecule has 2 aromatic rings. The first-order valence-corrected chi connectivity index (χ1v) is 5.32. The number of ether oxygens (including phenoxy) is 1. The number of carbonyl (C=O) groups excluding carboxylic acids is 1. The first-order chi connectivity index (χ1) is 8.15. The van der Waals surface area contributed by atoms with Gasteiger partial charge in [-0.2, -0.15) is 0 Å². The first kappa shape index (κ1) is 11.8. The smallest absolute Gasteiger partial charge is 0.189 e. The van der Waals surface area contributed by atoms with Gasteiger partial charge in [-0.05, 0) is 12.1 Å². The third-order valence-corrected chi connectivity index (χ3v) is 2.75. The molecule has 1 N–H and O–H groups in total. The maximum Gasteiger partial charge on any atom is 0.189 e. The number of nitrogens with zero attached hydrogens (tertiary/aromatic N) is 2. The summed E-state index contributed by atoms with van der Waals surface area (Å²) < 4.78 is 6.44. The van der Waals surface area contributed by atoms with Crippen molar-refractivity contribution in [1.29, 1.82) is 0 Å². The summed E-state index contributed by atoms with van der Waals surface area (Å²) in [4.78, 5) is 16.2. The maximum atomic E-state index is 12.1. The quantitative estimate of drug-likeness (QED) is 0.636. The Bertz CT molecular complexity index is 535. The van der Waals surface area contributed by atoms with E-state index in [2.05, 4.69) is 4.98 Å². The second-order valence-electron chi connectivity index (χ2n) is 3.85. The van der Waals surface area contributed by atoms with Crippen LogP contribution in [0.1, 0.15) is 17.4 Å². The fraction of sp³-hybridized carbons (Fsp3) is 0.333. The lowest BCUT2D eigenvalue weighted by Gasteiger charge is -2.15. The van der Waals surface area contributed by atoms with Crippen LogP contribution in [-0.4, -0.2) is 33.7 Å². The molecular weight excluding hydrogens is 220 g/mol. The lowest BCUT2D eigenvalue weighted by molar-refractivity contribution is -0.0974. The summed E-state index contributed by atoms with van der Waals surface area (Å²) in [6, 6.07) is 5.49. The molecule has 0 fully saturated rings. The van der Waals surface area contributed by atoms with E-state index in [0.29, 0.717) is 11.3 Å². The normalized spacial score (nSPS) is 14.8. The second-order valence-corrected chi connectivity index (χ2v) is 3.85. The summed E-state index contributed by atoms with van der Waals surface area (Å²) >= 11 is 0. The van der Waals surface area contributed by atoms with Crippen molar-refractivity contribution in [3.63, 3.8) is 0 Å². The molecule has 2 aromatic heterocycles. The predicted molar refractivity (Wildman–Crippen MR) is 61.7 cm³/mol. The number of hydrogen-bond donors (Lipinski definition) is 1. The summed E-state index contributed by atoms with van der Waals surface area (Å²) in [6.45, 7) is 1.62. The zero-order valence-corrected chi connectivity index (χ0v) is 9.70. The van der Waals surface area contributed by atoms with Crippen LogP contribution in [0, 0.1) is 5.92 Å². The largest absolute Gasteiger partial charge is 0.367 e. The van der Waals surface area contributed by atoms with Gasteiger partial charge in [0.15, 0.2) is 12.1 Å². The molecule has 0 amide bonds. The van der Waals surface area contributed by atoms with E-state index in [1.54, 1.807) is 17.5 Å². The molecule has 2 rings (SSSR count). The van der Waals surface area contributed by atoms with Gasteiger partial charge in [-0.3, -0.25) is 9.20 Å². The van der Waals surface area contributed by atoms with Crippen molar-refractivity contribution in [1.82, 2.24) is 9.38 Å². The van der Waals surface area contributed by atoms with Crippen LogP contribution in [0.25, 0.3) is 5.65 Å². The predicted octanol–water partition coefficient (Wildman–Crippen LogP) is 1.12. The van der Waals surface area contributed by atoms with Crippen molar-refractivity contribution in [3.05, 3.63) is 36.3 Å². The Balaban J connectivity index is 2.37. The van der Waals surface area contributed by atoms with Gasteiger partial charge in [-0.15, -0.1) is 0 Å². The topological polar surface area (TPSA) is 63.8 Å². The fourth-order valence-corrected chi connectivity index (χ4v) is 1.68. The van der Waals surface area contributed by atoms with Gasteiger partial charge in [0.2, 0.25) is 0 Å². The number of pyridine rings is 1. The molecule has 5 nitrogen and oxygen atoms in total. The van der Waals surface area contributed by atoms with Crippen molar-refractivity contribution >= 4 is 11.4 Å². The Morgan fingerprint density at radius 1 is 1.53 bits per heavy atom. The molecule has 0 saturated carbocycles. The molecule has 90 valence electrons. The first-order valence-electron chi connectivity index (χ1n) is 5.32. The molecule has 5 heteroatoms. The minimum Gasteiger partial charge on any atom is -0.367 e. The number of fused-ring (bicyclic) bond motifs is 1. The van der Waals surface area contributed by atoms with Gasteiger partial charge >= 0.3 is 0 Å². The highest BCUT2D eigenvalue weighted by Crippen LogP contribution is 2.14. The SMILES string of the molecule is CO[C@@H](O)[C@H](C)C(=O)c1cnc2ccccn12. The minimum absolute atomic E-state index is 0.196. The van der Waals surface area contributed by atoms with E-state index in [1.165, 1.54) is 13.3 Å². The van der Waals surface area contributed by atoms with Crippen LogP contribution >= 0.6 is 0 Å². The number of aromatic nitrogens is 2.